The molecule has 1 aliphatic heterocycles. The van der Waals surface area contributed by atoms with Crippen LogP contribution in [-0.2, 0) is 4.74 Å². The van der Waals surface area contributed by atoms with Crippen molar-refractivity contribution in [3.63, 3.8) is 0 Å². The minimum absolute atomic E-state index is 0.331. The monoisotopic (exact) mass is 300 g/mol. The Hall–Kier alpha value is -0.200. The highest BCUT2D eigenvalue weighted by Crippen LogP contribution is 2.23. The van der Waals surface area contributed by atoms with Gasteiger partial charge in [0.15, 0.2) is 0 Å². The molecule has 0 aromatic rings. The molecular formula is C16H32N2O3. The third-order valence-electron chi connectivity index (χ3n) is 4.61. The third-order valence-corrected chi connectivity index (χ3v) is 4.61. The molecule has 1 saturated heterocycles. The number of morpholine rings is 1. The first-order chi connectivity index (χ1) is 10.1. The number of hydrogen-bond acceptors (Lipinski definition) is 5. The van der Waals surface area contributed by atoms with E-state index in [1.807, 2.05) is 6.92 Å². The average molecular weight is 300 g/mol. The molecule has 2 fully saturated rings. The molecule has 0 aromatic heterocycles. The number of ether oxygens (including phenoxy) is 1. The third kappa shape index (κ3) is 6.20. The van der Waals surface area contributed by atoms with Crippen LogP contribution in [0.5, 0.6) is 0 Å². The molecule has 0 amide bonds. The largest absolute Gasteiger partial charge is 0.392 e. The van der Waals surface area contributed by atoms with Crippen molar-refractivity contribution in [1.29, 1.82) is 0 Å². The van der Waals surface area contributed by atoms with E-state index in [4.69, 9.17) is 4.74 Å². The maximum absolute atomic E-state index is 10.4. The Morgan fingerprint density at radius 2 is 1.76 bits per heavy atom. The predicted octanol–water partition coefficient (Wildman–Crippen LogP) is 0.695. The number of nitrogens with zero attached hydrogens (tertiary/aromatic N) is 2. The molecule has 124 valence electrons. The SMILES string of the molecule is CC(O)CN(CC(O)CN1CCOCC1)C1CCCCC1. The standard InChI is InChI=1S/C16H32N2O3/c1-14(19)11-18(15-5-3-2-4-6-15)13-16(20)12-17-7-9-21-10-8-17/h14-16,19-20H,2-13H2,1H3. The van der Waals surface area contributed by atoms with E-state index in [2.05, 4.69) is 9.80 Å². The first-order valence-electron chi connectivity index (χ1n) is 8.55. The first kappa shape index (κ1) is 17.2. The molecule has 2 rings (SSSR count). The van der Waals surface area contributed by atoms with E-state index < -0.39 is 0 Å². The molecule has 2 unspecified atom stereocenters. The van der Waals surface area contributed by atoms with Gasteiger partial charge in [0.05, 0.1) is 25.4 Å². The zero-order valence-corrected chi connectivity index (χ0v) is 13.4. The molecule has 1 aliphatic carbocycles. The van der Waals surface area contributed by atoms with Gasteiger partial charge in [0.25, 0.3) is 0 Å². The van der Waals surface area contributed by atoms with Crippen molar-refractivity contribution >= 4 is 0 Å². The van der Waals surface area contributed by atoms with Gasteiger partial charge in [-0.25, -0.2) is 0 Å². The van der Waals surface area contributed by atoms with Crippen LogP contribution >= 0.6 is 0 Å². The van der Waals surface area contributed by atoms with Crippen LogP contribution in [0.25, 0.3) is 0 Å². The van der Waals surface area contributed by atoms with Gasteiger partial charge in [-0.15, -0.1) is 0 Å². The van der Waals surface area contributed by atoms with Gasteiger partial charge in [-0.05, 0) is 19.8 Å². The Morgan fingerprint density at radius 3 is 2.38 bits per heavy atom. The molecule has 5 heteroatoms. The van der Waals surface area contributed by atoms with Crippen molar-refractivity contribution in [2.45, 2.75) is 57.3 Å². The highest BCUT2D eigenvalue weighted by atomic mass is 16.5. The highest BCUT2D eigenvalue weighted by molar-refractivity contribution is 4.80. The van der Waals surface area contributed by atoms with Crippen molar-refractivity contribution in [2.24, 2.45) is 0 Å². The van der Waals surface area contributed by atoms with Gasteiger partial charge in [-0.1, -0.05) is 19.3 Å². The number of β-amino-alcohol motifs (C(OH)–C–C–N with tert-alkyl or cyclic N) is 1. The zero-order chi connectivity index (χ0) is 15.1. The molecule has 2 atom stereocenters. The van der Waals surface area contributed by atoms with E-state index in [1.165, 1.54) is 32.1 Å². The van der Waals surface area contributed by atoms with Crippen molar-refractivity contribution in [2.75, 3.05) is 45.9 Å². The van der Waals surface area contributed by atoms with E-state index in [0.29, 0.717) is 25.7 Å². The lowest BCUT2D eigenvalue weighted by Gasteiger charge is -2.37. The van der Waals surface area contributed by atoms with Crippen molar-refractivity contribution in [3.8, 4) is 0 Å². The molecule has 1 saturated carbocycles. The fourth-order valence-corrected chi connectivity index (χ4v) is 3.57. The quantitative estimate of drug-likeness (QED) is 0.725. The van der Waals surface area contributed by atoms with Gasteiger partial charge in [-0.3, -0.25) is 9.80 Å². The molecule has 2 N–H and O–H groups in total. The van der Waals surface area contributed by atoms with Gasteiger partial charge >= 0.3 is 0 Å². The lowest BCUT2D eigenvalue weighted by molar-refractivity contribution is -0.00541. The van der Waals surface area contributed by atoms with Crippen molar-refractivity contribution < 1.29 is 14.9 Å². The Bertz CT molecular complexity index is 277. The van der Waals surface area contributed by atoms with Crippen LogP contribution in [0.15, 0.2) is 0 Å². The van der Waals surface area contributed by atoms with E-state index in [0.717, 1.165) is 26.3 Å². The van der Waals surface area contributed by atoms with E-state index in [9.17, 15) is 10.2 Å². The molecule has 0 spiro atoms. The second-order valence-corrected chi connectivity index (χ2v) is 6.66. The van der Waals surface area contributed by atoms with Gasteiger partial charge in [-0.2, -0.15) is 0 Å². The molecule has 21 heavy (non-hydrogen) atoms. The highest BCUT2D eigenvalue weighted by Gasteiger charge is 2.25. The summed E-state index contributed by atoms with van der Waals surface area (Å²) in [6.07, 6.45) is 5.62. The second kappa shape index (κ2) is 9.06. The Morgan fingerprint density at radius 1 is 1.10 bits per heavy atom. The summed E-state index contributed by atoms with van der Waals surface area (Å²) < 4.78 is 5.34. The Balaban J connectivity index is 1.81. The summed E-state index contributed by atoms with van der Waals surface area (Å²) in [5, 5.41) is 20.1. The van der Waals surface area contributed by atoms with Crippen LogP contribution in [0.3, 0.4) is 0 Å². The molecule has 0 aromatic carbocycles. The second-order valence-electron chi connectivity index (χ2n) is 6.66. The minimum Gasteiger partial charge on any atom is -0.392 e. The van der Waals surface area contributed by atoms with E-state index >= 15 is 0 Å². The summed E-state index contributed by atoms with van der Waals surface area (Å²) in [5.41, 5.74) is 0. The molecule has 5 nitrogen and oxygen atoms in total. The fourth-order valence-electron chi connectivity index (χ4n) is 3.57. The van der Waals surface area contributed by atoms with Gasteiger partial charge < -0.3 is 14.9 Å². The predicted molar refractivity (Wildman–Crippen MR) is 83.4 cm³/mol. The van der Waals surface area contributed by atoms with Crippen molar-refractivity contribution in [3.05, 3.63) is 0 Å². The van der Waals surface area contributed by atoms with E-state index in [-0.39, 0.29) is 12.2 Å². The maximum Gasteiger partial charge on any atom is 0.0793 e. The molecular weight excluding hydrogens is 268 g/mol. The van der Waals surface area contributed by atoms with Gasteiger partial charge in [0.2, 0.25) is 0 Å². The normalized spacial score (nSPS) is 25.1. The fraction of sp³-hybridized carbons (Fsp3) is 1.00. The molecule has 0 radical (unpaired) electrons. The number of aliphatic hydroxyl groups is 2. The Labute approximate surface area is 128 Å². The summed E-state index contributed by atoms with van der Waals surface area (Å²) in [7, 11) is 0. The van der Waals surface area contributed by atoms with Crippen molar-refractivity contribution in [1.82, 2.24) is 9.80 Å². The zero-order valence-electron chi connectivity index (χ0n) is 13.4. The maximum atomic E-state index is 10.4. The summed E-state index contributed by atoms with van der Waals surface area (Å²) in [5.74, 6) is 0. The average Bonchev–Trinajstić information content (AvgIpc) is 2.48. The van der Waals surface area contributed by atoms with Crippen LogP contribution < -0.4 is 0 Å². The minimum atomic E-state index is -0.344. The van der Waals surface area contributed by atoms with E-state index in [1.54, 1.807) is 0 Å². The van der Waals surface area contributed by atoms with Crippen LogP contribution in [0.4, 0.5) is 0 Å². The summed E-state index contributed by atoms with van der Waals surface area (Å²) in [4.78, 5) is 4.59. The van der Waals surface area contributed by atoms with Gasteiger partial charge in [0.1, 0.15) is 0 Å². The first-order valence-corrected chi connectivity index (χ1v) is 8.55. The Kier molecular flexibility index (Phi) is 7.40. The smallest absolute Gasteiger partial charge is 0.0793 e. The summed E-state index contributed by atoms with van der Waals surface area (Å²) in [6, 6.07) is 0.535. The lowest BCUT2D eigenvalue weighted by atomic mass is 9.93. The van der Waals surface area contributed by atoms with Gasteiger partial charge in [0, 0.05) is 38.8 Å². The topological polar surface area (TPSA) is 56.2 Å². The molecule has 0 bridgehead atoms. The summed E-state index contributed by atoms with van der Waals surface area (Å²) in [6.45, 7) is 7.27. The molecule has 2 aliphatic rings. The molecule has 1 heterocycles. The lowest BCUT2D eigenvalue weighted by Crippen LogP contribution is -2.49. The number of hydrogen-bond donors (Lipinski definition) is 2. The number of rotatable bonds is 7. The van der Waals surface area contributed by atoms with Crippen LogP contribution in [0.1, 0.15) is 39.0 Å². The van der Waals surface area contributed by atoms with Crippen LogP contribution in [0, 0.1) is 0 Å². The van der Waals surface area contributed by atoms with Crippen LogP contribution in [0.2, 0.25) is 0 Å². The van der Waals surface area contributed by atoms with Crippen LogP contribution in [-0.4, -0.2) is 84.2 Å². The number of aliphatic hydroxyl groups excluding tert-OH is 2. The summed E-state index contributed by atoms with van der Waals surface area (Å²) >= 11 is 0.